The highest BCUT2D eigenvalue weighted by Gasteiger charge is 2.21. The Morgan fingerprint density at radius 1 is 0.333 bits per heavy atom. The Morgan fingerprint density at radius 2 is 0.877 bits per heavy atom. The van der Waals surface area contributed by atoms with E-state index < -0.39 is 0 Å². The summed E-state index contributed by atoms with van der Waals surface area (Å²) in [7, 11) is 0. The number of hydrogen-bond donors (Lipinski definition) is 0. The number of benzene rings is 8. The molecule has 0 fully saturated rings. The first kappa shape index (κ1) is 31.5. The van der Waals surface area contributed by atoms with Gasteiger partial charge in [-0.15, -0.1) is 0 Å². The monoisotopic (exact) mass is 730 g/mol. The summed E-state index contributed by atoms with van der Waals surface area (Å²) in [4.78, 5) is 15.4. The molecule has 0 bridgehead atoms. The van der Waals surface area contributed by atoms with Gasteiger partial charge < -0.3 is 13.4 Å². The van der Waals surface area contributed by atoms with Crippen LogP contribution in [0.25, 0.3) is 117 Å². The van der Waals surface area contributed by atoms with Gasteiger partial charge in [-0.05, 0) is 71.8 Å². The molecule has 0 amide bonds. The molecule has 0 aliphatic carbocycles. The molecule has 266 valence electrons. The quantitative estimate of drug-likeness (QED) is 0.176. The summed E-state index contributed by atoms with van der Waals surface area (Å²) in [5.74, 6) is 1.74. The third kappa shape index (κ3) is 4.94. The number of fused-ring (bicyclic) bond motifs is 9. The van der Waals surface area contributed by atoms with Gasteiger partial charge in [-0.3, -0.25) is 0 Å². The highest BCUT2D eigenvalue weighted by Crippen LogP contribution is 2.41. The molecule has 0 spiro atoms. The van der Waals surface area contributed by atoms with Gasteiger partial charge in [0.15, 0.2) is 17.5 Å². The smallest absolute Gasteiger partial charge is 0.164 e. The molecular weight excluding hydrogens is 701 g/mol. The highest BCUT2D eigenvalue weighted by molar-refractivity contribution is 6.14. The van der Waals surface area contributed by atoms with Crippen molar-refractivity contribution < 1.29 is 8.83 Å². The highest BCUT2D eigenvalue weighted by atomic mass is 16.3. The number of para-hydroxylation sites is 3. The maximum Gasteiger partial charge on any atom is 0.164 e. The lowest BCUT2D eigenvalue weighted by atomic mass is 10.00. The topological polar surface area (TPSA) is 69.9 Å². The van der Waals surface area contributed by atoms with Gasteiger partial charge in [0.25, 0.3) is 0 Å². The van der Waals surface area contributed by atoms with E-state index in [0.717, 1.165) is 77.4 Å². The van der Waals surface area contributed by atoms with E-state index in [9.17, 15) is 0 Å². The van der Waals surface area contributed by atoms with E-state index in [0.29, 0.717) is 17.5 Å². The van der Waals surface area contributed by atoms with Crippen molar-refractivity contribution in [3.63, 3.8) is 0 Å². The van der Waals surface area contributed by atoms with Crippen LogP contribution in [-0.2, 0) is 0 Å². The summed E-state index contributed by atoms with van der Waals surface area (Å²) >= 11 is 0. The van der Waals surface area contributed by atoms with Gasteiger partial charge in [-0.2, -0.15) is 0 Å². The summed E-state index contributed by atoms with van der Waals surface area (Å²) in [6.07, 6.45) is 0. The van der Waals surface area contributed by atoms with Crippen LogP contribution in [0.2, 0.25) is 0 Å². The molecule has 6 heteroatoms. The number of furan rings is 2. The van der Waals surface area contributed by atoms with Crippen molar-refractivity contribution in [2.45, 2.75) is 0 Å². The van der Waals surface area contributed by atoms with Gasteiger partial charge in [-0.1, -0.05) is 121 Å². The number of aromatic nitrogens is 4. The molecule has 0 saturated heterocycles. The molecule has 0 saturated carbocycles. The van der Waals surface area contributed by atoms with Crippen LogP contribution in [0.4, 0.5) is 0 Å². The summed E-state index contributed by atoms with van der Waals surface area (Å²) in [6, 6.07) is 62.7. The zero-order valence-corrected chi connectivity index (χ0v) is 30.4. The van der Waals surface area contributed by atoms with Gasteiger partial charge in [-0.25, -0.2) is 15.0 Å². The fourth-order valence-corrected chi connectivity index (χ4v) is 8.49. The molecule has 4 aromatic heterocycles. The Labute approximate surface area is 325 Å². The van der Waals surface area contributed by atoms with Gasteiger partial charge in [0.05, 0.1) is 11.0 Å². The summed E-state index contributed by atoms with van der Waals surface area (Å²) in [5, 5.41) is 6.38. The molecule has 0 radical (unpaired) electrons. The van der Waals surface area contributed by atoms with Crippen LogP contribution in [0, 0.1) is 0 Å². The second-order valence-corrected chi connectivity index (χ2v) is 14.4. The molecule has 0 aliphatic rings. The molecule has 12 rings (SSSR count). The van der Waals surface area contributed by atoms with Crippen LogP contribution < -0.4 is 0 Å². The minimum absolute atomic E-state index is 0.571. The normalized spacial score (nSPS) is 11.9. The Balaban J connectivity index is 1.03. The fourth-order valence-electron chi connectivity index (χ4n) is 8.49. The van der Waals surface area contributed by atoms with E-state index in [1.165, 1.54) is 21.8 Å². The van der Waals surface area contributed by atoms with Crippen molar-refractivity contribution in [3.8, 4) is 51.0 Å². The Bertz CT molecular complexity index is 3530. The number of hydrogen-bond acceptors (Lipinski definition) is 5. The van der Waals surface area contributed by atoms with Crippen molar-refractivity contribution in [1.29, 1.82) is 0 Å². The first-order valence-corrected chi connectivity index (χ1v) is 19.0. The summed E-state index contributed by atoms with van der Waals surface area (Å²) in [5.41, 5.74) is 11.5. The molecule has 8 aromatic carbocycles. The SMILES string of the molecule is c1ccc(-c2nc(-c3cccc4oc5ccccc5c34)nc(-c3cccc4oc5cc(-c6ccc7c(c6)c6ccccc6n7-c6ccccc6)ccc5c34)n2)cc1. The predicted molar refractivity (Wildman–Crippen MR) is 230 cm³/mol. The molecule has 57 heavy (non-hydrogen) atoms. The average Bonchev–Trinajstić information content (AvgIpc) is 3.96. The first-order valence-electron chi connectivity index (χ1n) is 19.0. The van der Waals surface area contributed by atoms with Crippen LogP contribution in [0.15, 0.2) is 191 Å². The average molecular weight is 731 g/mol. The molecule has 0 atom stereocenters. The molecule has 0 aliphatic heterocycles. The molecular formula is C51H30N4O2. The van der Waals surface area contributed by atoms with E-state index in [4.69, 9.17) is 23.8 Å². The largest absolute Gasteiger partial charge is 0.456 e. The molecule has 0 unspecified atom stereocenters. The third-order valence-electron chi connectivity index (χ3n) is 11.1. The first-order chi connectivity index (χ1) is 28.2. The number of rotatable bonds is 5. The van der Waals surface area contributed by atoms with Crippen molar-refractivity contribution in [2.24, 2.45) is 0 Å². The van der Waals surface area contributed by atoms with Crippen LogP contribution in [0.5, 0.6) is 0 Å². The second-order valence-electron chi connectivity index (χ2n) is 14.4. The van der Waals surface area contributed by atoms with Crippen LogP contribution in [0.1, 0.15) is 0 Å². The predicted octanol–water partition coefficient (Wildman–Crippen LogP) is 13.4. The van der Waals surface area contributed by atoms with Gasteiger partial charge in [0.2, 0.25) is 0 Å². The van der Waals surface area contributed by atoms with E-state index in [1.807, 2.05) is 72.8 Å². The van der Waals surface area contributed by atoms with Gasteiger partial charge in [0.1, 0.15) is 22.3 Å². The van der Waals surface area contributed by atoms with Gasteiger partial charge in [0, 0.05) is 54.7 Å². The lowest BCUT2D eigenvalue weighted by Gasteiger charge is -2.10. The number of nitrogens with zero attached hydrogens (tertiary/aromatic N) is 4. The lowest BCUT2D eigenvalue weighted by molar-refractivity contribution is 0.668. The Kier molecular flexibility index (Phi) is 6.83. The zero-order valence-electron chi connectivity index (χ0n) is 30.4. The van der Waals surface area contributed by atoms with E-state index in [1.54, 1.807) is 0 Å². The van der Waals surface area contributed by atoms with Crippen LogP contribution in [0.3, 0.4) is 0 Å². The lowest BCUT2D eigenvalue weighted by Crippen LogP contribution is -2.00. The van der Waals surface area contributed by atoms with E-state index in [-0.39, 0.29) is 0 Å². The van der Waals surface area contributed by atoms with Crippen LogP contribution in [-0.4, -0.2) is 19.5 Å². The van der Waals surface area contributed by atoms with E-state index in [2.05, 4.69) is 114 Å². The zero-order chi connectivity index (χ0) is 37.5. The minimum atomic E-state index is 0.571. The third-order valence-corrected chi connectivity index (χ3v) is 11.1. The van der Waals surface area contributed by atoms with Crippen molar-refractivity contribution >= 4 is 65.7 Å². The molecule has 12 aromatic rings. The fraction of sp³-hybridized carbons (Fsp3) is 0. The second kappa shape index (κ2) is 12.3. The van der Waals surface area contributed by atoms with Crippen LogP contribution >= 0.6 is 0 Å². The van der Waals surface area contributed by atoms with Gasteiger partial charge >= 0.3 is 0 Å². The molecule has 0 N–H and O–H groups in total. The Hall–Kier alpha value is -7.83. The maximum absolute atomic E-state index is 6.63. The van der Waals surface area contributed by atoms with E-state index >= 15 is 0 Å². The maximum atomic E-state index is 6.63. The summed E-state index contributed by atoms with van der Waals surface area (Å²) in [6.45, 7) is 0. The van der Waals surface area contributed by atoms with Crippen molar-refractivity contribution in [2.75, 3.05) is 0 Å². The standard InChI is InChI=1S/C51H30N4O2/c1-3-13-31(14-4-1)49-52-50(38-19-11-23-44-47(38)36-18-8-10-22-43(36)56-44)54-51(53-49)39-20-12-24-45-48(39)37-27-25-33(30-46(37)57-45)32-26-28-42-40(29-32)35-17-7-9-21-41(35)55(42)34-15-5-2-6-16-34/h1-30H. The van der Waals surface area contributed by atoms with Crippen molar-refractivity contribution in [3.05, 3.63) is 182 Å². The molecule has 6 nitrogen and oxygen atoms in total. The minimum Gasteiger partial charge on any atom is -0.456 e. The van der Waals surface area contributed by atoms with Crippen molar-refractivity contribution in [1.82, 2.24) is 19.5 Å². The Morgan fingerprint density at radius 3 is 1.63 bits per heavy atom. The molecule has 4 heterocycles. The summed E-state index contributed by atoms with van der Waals surface area (Å²) < 4.78 is 15.2.